The van der Waals surface area contributed by atoms with Gasteiger partial charge in [-0.05, 0) is 56.7 Å². The molecule has 2 heterocycles. The fourth-order valence-corrected chi connectivity index (χ4v) is 3.09. The summed E-state index contributed by atoms with van der Waals surface area (Å²) >= 11 is 0. The molecule has 5 nitrogen and oxygen atoms in total. The molecule has 1 aromatic heterocycles. The zero-order chi connectivity index (χ0) is 13.9. The van der Waals surface area contributed by atoms with Gasteiger partial charge in [0.15, 0.2) is 0 Å². The van der Waals surface area contributed by atoms with E-state index >= 15 is 0 Å². The maximum atomic E-state index is 12.1. The van der Waals surface area contributed by atoms with E-state index in [0.717, 1.165) is 56.3 Å². The molecule has 3 rings (SSSR count). The number of aromatic nitrogens is 1. The van der Waals surface area contributed by atoms with Crippen LogP contribution in [0, 0.1) is 0 Å². The van der Waals surface area contributed by atoms with E-state index in [2.05, 4.69) is 15.6 Å². The van der Waals surface area contributed by atoms with Crippen molar-refractivity contribution in [3.63, 3.8) is 0 Å². The highest BCUT2D eigenvalue weighted by Crippen LogP contribution is 2.18. The minimum atomic E-state index is -0.262. The number of carbonyl (C=O) groups excluding carboxylic acids is 1. The molecule has 1 saturated heterocycles. The quantitative estimate of drug-likeness (QED) is 0.761. The topological polar surface area (TPSA) is 74.0 Å². The molecule has 1 fully saturated rings. The third kappa shape index (κ3) is 2.77. The molecule has 1 aliphatic heterocycles. The van der Waals surface area contributed by atoms with Gasteiger partial charge in [0, 0.05) is 18.3 Å². The van der Waals surface area contributed by atoms with Crippen molar-refractivity contribution in [3.05, 3.63) is 33.2 Å². The Morgan fingerprint density at radius 1 is 1.30 bits per heavy atom. The molecule has 0 aromatic carbocycles. The van der Waals surface area contributed by atoms with Crippen LogP contribution in [-0.4, -0.2) is 30.0 Å². The lowest BCUT2D eigenvalue weighted by molar-refractivity contribution is 0.0948. The van der Waals surface area contributed by atoms with Gasteiger partial charge < -0.3 is 15.6 Å². The Labute approximate surface area is 118 Å². The Balaban J connectivity index is 1.72. The number of carbonyl (C=O) groups is 1. The predicted octanol–water partition coefficient (Wildman–Crippen LogP) is 0.735. The lowest BCUT2D eigenvalue weighted by Crippen LogP contribution is -2.39. The summed E-state index contributed by atoms with van der Waals surface area (Å²) in [7, 11) is 0. The van der Waals surface area contributed by atoms with Crippen LogP contribution in [0.2, 0.25) is 0 Å². The molecule has 3 N–H and O–H groups in total. The van der Waals surface area contributed by atoms with Crippen LogP contribution in [0.5, 0.6) is 0 Å². The SMILES string of the molecule is O=C(NCC1CCCN1)c1cc2c([nH]c1=O)CCCC2. The minimum Gasteiger partial charge on any atom is -0.350 e. The van der Waals surface area contributed by atoms with E-state index in [9.17, 15) is 9.59 Å². The maximum Gasteiger partial charge on any atom is 0.261 e. The van der Waals surface area contributed by atoms with Crippen LogP contribution in [0.25, 0.3) is 0 Å². The van der Waals surface area contributed by atoms with E-state index in [4.69, 9.17) is 0 Å². The molecular formula is C15H21N3O2. The van der Waals surface area contributed by atoms with Gasteiger partial charge in [-0.15, -0.1) is 0 Å². The highest BCUT2D eigenvalue weighted by atomic mass is 16.2. The molecule has 5 heteroatoms. The highest BCUT2D eigenvalue weighted by molar-refractivity contribution is 5.94. The molecule has 1 aromatic rings. The number of pyridine rings is 1. The first-order chi connectivity index (χ1) is 9.74. The van der Waals surface area contributed by atoms with Gasteiger partial charge in [0.2, 0.25) is 0 Å². The molecule has 2 aliphatic rings. The Morgan fingerprint density at radius 2 is 2.15 bits per heavy atom. The Bertz CT molecular complexity index is 559. The van der Waals surface area contributed by atoms with Crippen LogP contribution in [0.1, 0.15) is 47.3 Å². The molecule has 0 saturated carbocycles. The van der Waals surface area contributed by atoms with Crippen molar-refractivity contribution < 1.29 is 4.79 Å². The van der Waals surface area contributed by atoms with Crippen LogP contribution in [0.3, 0.4) is 0 Å². The first-order valence-corrected chi connectivity index (χ1v) is 7.50. The van der Waals surface area contributed by atoms with E-state index in [1.807, 2.05) is 0 Å². The van der Waals surface area contributed by atoms with Gasteiger partial charge in [0.25, 0.3) is 11.5 Å². The molecule has 20 heavy (non-hydrogen) atoms. The highest BCUT2D eigenvalue weighted by Gasteiger charge is 2.19. The Morgan fingerprint density at radius 3 is 2.95 bits per heavy atom. The monoisotopic (exact) mass is 275 g/mol. The zero-order valence-electron chi connectivity index (χ0n) is 11.6. The first kappa shape index (κ1) is 13.4. The standard InChI is InChI=1S/C15H21N3O2/c19-14(17-9-11-5-3-7-16-11)12-8-10-4-1-2-6-13(10)18-15(12)20/h8,11,16H,1-7,9H2,(H,17,19)(H,18,20). The molecule has 1 atom stereocenters. The van der Waals surface area contributed by atoms with Gasteiger partial charge in [0.1, 0.15) is 5.56 Å². The summed E-state index contributed by atoms with van der Waals surface area (Å²) in [6.45, 7) is 1.61. The van der Waals surface area contributed by atoms with E-state index < -0.39 is 0 Å². The molecule has 0 bridgehead atoms. The van der Waals surface area contributed by atoms with Gasteiger partial charge >= 0.3 is 0 Å². The van der Waals surface area contributed by atoms with Gasteiger partial charge in [0.05, 0.1) is 0 Å². The molecular weight excluding hydrogens is 254 g/mol. The van der Waals surface area contributed by atoms with E-state index in [1.54, 1.807) is 6.07 Å². The third-order valence-electron chi connectivity index (χ3n) is 4.25. The van der Waals surface area contributed by atoms with Crippen LogP contribution in [0.4, 0.5) is 0 Å². The van der Waals surface area contributed by atoms with Gasteiger partial charge in [-0.25, -0.2) is 0 Å². The van der Waals surface area contributed by atoms with Crippen molar-refractivity contribution in [1.82, 2.24) is 15.6 Å². The average Bonchev–Trinajstić information content (AvgIpc) is 2.97. The normalized spacial score (nSPS) is 21.5. The lowest BCUT2D eigenvalue weighted by atomic mass is 9.95. The van der Waals surface area contributed by atoms with Crippen LogP contribution >= 0.6 is 0 Å². The van der Waals surface area contributed by atoms with Gasteiger partial charge in [-0.1, -0.05) is 0 Å². The number of H-pyrrole nitrogens is 1. The zero-order valence-corrected chi connectivity index (χ0v) is 11.6. The van der Waals surface area contributed by atoms with Crippen molar-refractivity contribution in [2.75, 3.05) is 13.1 Å². The molecule has 1 amide bonds. The summed E-state index contributed by atoms with van der Waals surface area (Å²) in [5.74, 6) is -0.256. The summed E-state index contributed by atoms with van der Waals surface area (Å²) in [4.78, 5) is 27.0. The lowest BCUT2D eigenvalue weighted by Gasteiger charge is -2.16. The van der Waals surface area contributed by atoms with Crippen LogP contribution in [-0.2, 0) is 12.8 Å². The number of aryl methyl sites for hydroxylation is 2. The molecule has 1 unspecified atom stereocenters. The van der Waals surface area contributed by atoms with Crippen LogP contribution in [0.15, 0.2) is 10.9 Å². The van der Waals surface area contributed by atoms with Crippen molar-refractivity contribution in [2.24, 2.45) is 0 Å². The maximum absolute atomic E-state index is 12.1. The predicted molar refractivity (Wildman–Crippen MR) is 77.1 cm³/mol. The second-order valence-corrected chi connectivity index (χ2v) is 5.73. The minimum absolute atomic E-state index is 0.253. The Hall–Kier alpha value is -1.62. The number of rotatable bonds is 3. The first-order valence-electron chi connectivity index (χ1n) is 7.50. The molecule has 0 radical (unpaired) electrons. The van der Waals surface area contributed by atoms with E-state index in [0.29, 0.717) is 12.6 Å². The third-order valence-corrected chi connectivity index (χ3v) is 4.25. The number of hydrogen-bond acceptors (Lipinski definition) is 3. The van der Waals surface area contributed by atoms with Gasteiger partial charge in [-0.3, -0.25) is 9.59 Å². The molecule has 0 spiro atoms. The van der Waals surface area contributed by atoms with Crippen LogP contribution < -0.4 is 16.2 Å². The van der Waals surface area contributed by atoms with Crippen molar-refractivity contribution in [2.45, 2.75) is 44.6 Å². The number of hydrogen-bond donors (Lipinski definition) is 3. The van der Waals surface area contributed by atoms with E-state index in [1.165, 1.54) is 0 Å². The number of aromatic amines is 1. The van der Waals surface area contributed by atoms with Crippen molar-refractivity contribution in [3.8, 4) is 0 Å². The van der Waals surface area contributed by atoms with E-state index in [-0.39, 0.29) is 17.0 Å². The average molecular weight is 275 g/mol. The van der Waals surface area contributed by atoms with Crippen molar-refractivity contribution in [1.29, 1.82) is 0 Å². The van der Waals surface area contributed by atoms with Crippen molar-refractivity contribution >= 4 is 5.91 Å². The summed E-state index contributed by atoms with van der Waals surface area (Å²) in [5, 5.41) is 6.19. The van der Waals surface area contributed by atoms with Gasteiger partial charge in [-0.2, -0.15) is 0 Å². The summed E-state index contributed by atoms with van der Waals surface area (Å²) in [6, 6.07) is 2.13. The summed E-state index contributed by atoms with van der Waals surface area (Å²) in [6.07, 6.45) is 6.35. The second kappa shape index (κ2) is 5.79. The number of fused-ring (bicyclic) bond motifs is 1. The number of amides is 1. The fraction of sp³-hybridized carbons (Fsp3) is 0.600. The fourth-order valence-electron chi connectivity index (χ4n) is 3.09. The Kier molecular flexibility index (Phi) is 3.87. The molecule has 108 valence electrons. The number of nitrogens with one attached hydrogen (secondary N) is 3. The summed E-state index contributed by atoms with van der Waals surface area (Å²) in [5.41, 5.74) is 2.13. The summed E-state index contributed by atoms with van der Waals surface area (Å²) < 4.78 is 0. The molecule has 1 aliphatic carbocycles. The second-order valence-electron chi connectivity index (χ2n) is 5.73. The smallest absolute Gasteiger partial charge is 0.261 e. The largest absolute Gasteiger partial charge is 0.350 e.